The third-order valence-electron chi connectivity index (χ3n) is 7.11. The first kappa shape index (κ1) is 28.0. The normalized spacial score (nSPS) is 18.1. The van der Waals surface area contributed by atoms with E-state index in [9.17, 15) is 23.1 Å². The Balaban J connectivity index is 2.03. The Hall–Kier alpha value is -2.58. The SMILES string of the molecule is CCC[C@@](O)(c1ccccc1-c1cc(C(F)(F)F)ccc1OC)C1CCCN(C(=O)CCCNC)C1. The lowest BCUT2D eigenvalue weighted by Crippen LogP contribution is -2.48. The summed E-state index contributed by atoms with van der Waals surface area (Å²) in [4.78, 5) is 14.7. The highest BCUT2D eigenvalue weighted by Gasteiger charge is 2.42. The van der Waals surface area contributed by atoms with Gasteiger partial charge in [0.25, 0.3) is 0 Å². The summed E-state index contributed by atoms with van der Waals surface area (Å²) in [6.45, 7) is 3.81. The molecule has 0 radical (unpaired) electrons. The van der Waals surface area contributed by atoms with Crippen LogP contribution in [0.5, 0.6) is 5.75 Å². The van der Waals surface area contributed by atoms with Crippen LogP contribution >= 0.6 is 0 Å². The van der Waals surface area contributed by atoms with E-state index in [0.29, 0.717) is 49.2 Å². The number of carbonyl (C=O) groups is 1. The van der Waals surface area contributed by atoms with Crippen LogP contribution < -0.4 is 10.1 Å². The topological polar surface area (TPSA) is 61.8 Å². The molecule has 2 N–H and O–H groups in total. The first-order valence-electron chi connectivity index (χ1n) is 12.7. The van der Waals surface area contributed by atoms with Crippen molar-refractivity contribution in [1.29, 1.82) is 0 Å². The number of alkyl halides is 3. The molecule has 1 heterocycles. The van der Waals surface area contributed by atoms with Crippen molar-refractivity contribution in [2.75, 3.05) is 33.8 Å². The molecule has 2 aromatic rings. The van der Waals surface area contributed by atoms with Gasteiger partial charge in [-0.3, -0.25) is 4.79 Å². The second kappa shape index (κ2) is 12.1. The van der Waals surface area contributed by atoms with Crippen LogP contribution in [0.15, 0.2) is 42.5 Å². The number of hydrogen-bond donors (Lipinski definition) is 2. The summed E-state index contributed by atoms with van der Waals surface area (Å²) in [5.74, 6) is 0.137. The van der Waals surface area contributed by atoms with Crippen LogP contribution in [0.4, 0.5) is 13.2 Å². The highest BCUT2D eigenvalue weighted by Crippen LogP contribution is 2.46. The molecule has 3 rings (SSSR count). The highest BCUT2D eigenvalue weighted by molar-refractivity contribution is 5.77. The van der Waals surface area contributed by atoms with Gasteiger partial charge in [0.15, 0.2) is 0 Å². The largest absolute Gasteiger partial charge is 0.496 e. The number of benzene rings is 2. The Bertz CT molecular complexity index is 1030. The van der Waals surface area contributed by atoms with Gasteiger partial charge in [0, 0.05) is 31.0 Å². The lowest BCUT2D eigenvalue weighted by atomic mass is 9.72. The van der Waals surface area contributed by atoms with Crippen LogP contribution in [0.25, 0.3) is 11.1 Å². The lowest BCUT2D eigenvalue weighted by molar-refractivity contribution is -0.138. The van der Waals surface area contributed by atoms with E-state index in [1.165, 1.54) is 13.2 Å². The Morgan fingerprint density at radius 3 is 2.61 bits per heavy atom. The van der Waals surface area contributed by atoms with E-state index in [1.54, 1.807) is 24.3 Å². The zero-order valence-corrected chi connectivity index (χ0v) is 21.3. The van der Waals surface area contributed by atoms with Gasteiger partial charge in [-0.15, -0.1) is 0 Å². The summed E-state index contributed by atoms with van der Waals surface area (Å²) in [5.41, 5.74) is -0.724. The lowest BCUT2D eigenvalue weighted by Gasteiger charge is -2.43. The number of ether oxygens (including phenoxy) is 1. The molecule has 0 bridgehead atoms. The second-order valence-electron chi connectivity index (χ2n) is 9.52. The molecule has 5 nitrogen and oxygen atoms in total. The predicted octanol–water partition coefficient (Wildman–Crippen LogP) is 5.61. The summed E-state index contributed by atoms with van der Waals surface area (Å²) >= 11 is 0. The van der Waals surface area contributed by atoms with Crippen molar-refractivity contribution < 1.29 is 27.8 Å². The molecule has 1 aliphatic rings. The molecule has 0 spiro atoms. The molecule has 1 amide bonds. The fourth-order valence-corrected chi connectivity index (χ4v) is 5.30. The molecule has 0 aliphatic carbocycles. The monoisotopic (exact) mass is 506 g/mol. The molecular weight excluding hydrogens is 469 g/mol. The number of methoxy groups -OCH3 is 1. The van der Waals surface area contributed by atoms with E-state index in [0.717, 1.165) is 37.9 Å². The van der Waals surface area contributed by atoms with Gasteiger partial charge in [-0.25, -0.2) is 0 Å². The van der Waals surface area contributed by atoms with Crippen LogP contribution in [0, 0.1) is 5.92 Å². The molecule has 198 valence electrons. The second-order valence-corrected chi connectivity index (χ2v) is 9.52. The number of amides is 1. The number of hydrogen-bond acceptors (Lipinski definition) is 4. The number of carbonyl (C=O) groups excluding carboxylic acids is 1. The van der Waals surface area contributed by atoms with E-state index in [2.05, 4.69) is 5.32 Å². The maximum atomic E-state index is 13.6. The zero-order chi connectivity index (χ0) is 26.3. The number of aliphatic hydroxyl groups is 1. The minimum absolute atomic E-state index is 0.0710. The first-order chi connectivity index (χ1) is 17.2. The number of nitrogens with zero attached hydrogens (tertiary/aromatic N) is 1. The molecule has 0 saturated carbocycles. The quantitative estimate of drug-likeness (QED) is 0.412. The van der Waals surface area contributed by atoms with Crippen molar-refractivity contribution in [1.82, 2.24) is 10.2 Å². The molecule has 1 aliphatic heterocycles. The molecule has 1 fully saturated rings. The summed E-state index contributed by atoms with van der Waals surface area (Å²) in [6, 6.07) is 10.5. The van der Waals surface area contributed by atoms with Crippen LogP contribution in [0.2, 0.25) is 0 Å². The van der Waals surface area contributed by atoms with E-state index < -0.39 is 17.3 Å². The van der Waals surface area contributed by atoms with Crippen LogP contribution in [0.3, 0.4) is 0 Å². The maximum Gasteiger partial charge on any atom is 0.416 e. The summed E-state index contributed by atoms with van der Waals surface area (Å²) in [7, 11) is 3.27. The third kappa shape index (κ3) is 6.21. The summed E-state index contributed by atoms with van der Waals surface area (Å²) in [5, 5.41) is 15.3. The molecule has 1 unspecified atom stereocenters. The van der Waals surface area contributed by atoms with Gasteiger partial charge in [0.1, 0.15) is 5.75 Å². The van der Waals surface area contributed by atoms with Gasteiger partial charge in [-0.1, -0.05) is 37.6 Å². The molecule has 2 aromatic carbocycles. The van der Waals surface area contributed by atoms with Gasteiger partial charge in [-0.05, 0) is 68.6 Å². The Morgan fingerprint density at radius 2 is 1.94 bits per heavy atom. The van der Waals surface area contributed by atoms with E-state index in [1.807, 2.05) is 18.9 Å². The van der Waals surface area contributed by atoms with Crippen LogP contribution in [-0.4, -0.2) is 49.7 Å². The smallest absolute Gasteiger partial charge is 0.416 e. The van der Waals surface area contributed by atoms with Crippen LogP contribution in [0.1, 0.15) is 56.6 Å². The maximum absolute atomic E-state index is 13.6. The van der Waals surface area contributed by atoms with Gasteiger partial charge in [0.2, 0.25) is 5.91 Å². The van der Waals surface area contributed by atoms with E-state index >= 15 is 0 Å². The third-order valence-corrected chi connectivity index (χ3v) is 7.11. The fraction of sp³-hybridized carbons (Fsp3) is 0.536. The molecular formula is C28H37F3N2O3. The molecule has 2 atom stereocenters. The number of piperidine rings is 1. The summed E-state index contributed by atoms with van der Waals surface area (Å²) < 4.78 is 46.1. The standard InChI is InChI=1S/C28H37F3N2O3/c1-4-15-27(35,21-9-8-17-33(19-21)26(34)12-7-16-32-2)24-11-6-5-10-22(24)23-18-20(28(29,30)31)13-14-25(23)36-3/h5-6,10-11,13-14,18,21,32,35H,4,7-9,12,15-17,19H2,1-3H3/t21?,27-/m0/s1. The molecule has 36 heavy (non-hydrogen) atoms. The predicted molar refractivity (Wildman–Crippen MR) is 135 cm³/mol. The van der Waals surface area contributed by atoms with Gasteiger partial charge in [-0.2, -0.15) is 13.2 Å². The number of halogens is 3. The minimum atomic E-state index is -4.51. The van der Waals surface area contributed by atoms with Gasteiger partial charge in [0.05, 0.1) is 18.3 Å². The van der Waals surface area contributed by atoms with Crippen molar-refractivity contribution in [3.05, 3.63) is 53.6 Å². The minimum Gasteiger partial charge on any atom is -0.496 e. The number of rotatable bonds is 10. The van der Waals surface area contributed by atoms with Crippen molar-refractivity contribution in [2.24, 2.45) is 5.92 Å². The fourth-order valence-electron chi connectivity index (χ4n) is 5.30. The Labute approximate surface area is 211 Å². The van der Waals surface area contributed by atoms with Crippen molar-refractivity contribution in [3.63, 3.8) is 0 Å². The van der Waals surface area contributed by atoms with Crippen molar-refractivity contribution in [2.45, 2.75) is 57.2 Å². The Kier molecular flexibility index (Phi) is 9.41. The van der Waals surface area contributed by atoms with Crippen molar-refractivity contribution in [3.8, 4) is 16.9 Å². The average molecular weight is 507 g/mol. The van der Waals surface area contributed by atoms with Gasteiger partial charge < -0.3 is 20.1 Å². The molecule has 8 heteroatoms. The number of nitrogens with one attached hydrogen (secondary N) is 1. The summed E-state index contributed by atoms with van der Waals surface area (Å²) in [6.07, 6.45) is -0.720. The number of likely N-dealkylation sites (tertiary alicyclic amines) is 1. The van der Waals surface area contributed by atoms with E-state index in [-0.39, 0.29) is 17.4 Å². The van der Waals surface area contributed by atoms with E-state index in [4.69, 9.17) is 4.74 Å². The highest BCUT2D eigenvalue weighted by atomic mass is 19.4. The average Bonchev–Trinajstić information content (AvgIpc) is 2.88. The first-order valence-corrected chi connectivity index (χ1v) is 12.7. The molecule has 1 saturated heterocycles. The van der Waals surface area contributed by atoms with Crippen molar-refractivity contribution >= 4 is 5.91 Å². The zero-order valence-electron chi connectivity index (χ0n) is 21.3. The Morgan fingerprint density at radius 1 is 1.19 bits per heavy atom. The van der Waals surface area contributed by atoms with Crippen LogP contribution in [-0.2, 0) is 16.6 Å². The van der Waals surface area contributed by atoms with Gasteiger partial charge >= 0.3 is 6.18 Å². The molecule has 0 aromatic heterocycles.